The molecular weight excluding hydrogens is 376 g/mol. The van der Waals surface area contributed by atoms with Crippen LogP contribution in [-0.4, -0.2) is 18.1 Å². The zero-order valence-electron chi connectivity index (χ0n) is 8.69. The summed E-state index contributed by atoms with van der Waals surface area (Å²) in [5.41, 5.74) is -3.23. The average molecular weight is 381 g/mol. The summed E-state index contributed by atoms with van der Waals surface area (Å²) in [6.07, 6.45) is -7.75. The monoisotopic (exact) mass is 381 g/mol. The topological polar surface area (TPSA) is 39.2 Å². The Kier molecular flexibility index (Phi) is 4.46. The molecule has 0 aromatic carbocycles. The highest BCUT2D eigenvalue weighted by molar-refractivity contribution is 14.1. The quantitative estimate of drug-likeness (QED) is 0.448. The minimum Gasteiger partial charge on any atom is -0.465 e. The van der Waals surface area contributed by atoms with Crippen molar-refractivity contribution in [2.45, 2.75) is 12.6 Å². The number of aromatic nitrogens is 1. The van der Waals surface area contributed by atoms with Gasteiger partial charge in [0.15, 0.2) is 0 Å². The first-order valence-corrected chi connectivity index (χ1v) is 5.40. The van der Waals surface area contributed by atoms with Crippen molar-refractivity contribution in [1.29, 1.82) is 0 Å². The van der Waals surface area contributed by atoms with E-state index >= 15 is 0 Å². The van der Waals surface area contributed by atoms with E-state index in [1.54, 1.807) is 0 Å². The van der Waals surface area contributed by atoms with Crippen molar-refractivity contribution in [3.63, 3.8) is 0 Å². The molecule has 0 atom stereocenters. The summed E-state index contributed by atoms with van der Waals surface area (Å²) >= 11 is 1.22. The number of halogens is 6. The molecule has 0 bridgehead atoms. The van der Waals surface area contributed by atoms with Crippen LogP contribution in [-0.2, 0) is 10.9 Å². The molecule has 1 rings (SSSR count). The standard InChI is InChI=1S/C9H5F5INO2/c1-18-8(17)4-3(9(12,13)14)2-16-6(5(4)15)7(10)11/h2,7H,1H3. The molecule has 0 amide bonds. The van der Waals surface area contributed by atoms with E-state index in [0.29, 0.717) is 0 Å². The summed E-state index contributed by atoms with van der Waals surface area (Å²) in [6.45, 7) is 0. The number of methoxy groups -OCH3 is 1. The lowest BCUT2D eigenvalue weighted by atomic mass is 10.1. The summed E-state index contributed by atoms with van der Waals surface area (Å²) in [5, 5.41) is 0. The fourth-order valence-electron chi connectivity index (χ4n) is 1.17. The van der Waals surface area contributed by atoms with Crippen molar-refractivity contribution in [1.82, 2.24) is 4.98 Å². The maximum atomic E-state index is 12.6. The SMILES string of the molecule is COC(=O)c1c(C(F)(F)F)cnc(C(F)F)c1I. The number of hydrogen-bond donors (Lipinski definition) is 0. The molecule has 0 spiro atoms. The number of pyridine rings is 1. The first-order chi connectivity index (χ1) is 8.20. The molecule has 1 heterocycles. The molecule has 0 aliphatic heterocycles. The van der Waals surface area contributed by atoms with Crippen LogP contribution in [0.3, 0.4) is 0 Å². The molecule has 0 fully saturated rings. The highest BCUT2D eigenvalue weighted by Gasteiger charge is 2.38. The third-order valence-corrected chi connectivity index (χ3v) is 3.04. The second-order valence-corrected chi connectivity index (χ2v) is 4.11. The summed E-state index contributed by atoms with van der Waals surface area (Å²) in [4.78, 5) is 14.3. The zero-order valence-corrected chi connectivity index (χ0v) is 10.8. The van der Waals surface area contributed by atoms with Crippen molar-refractivity contribution in [3.8, 4) is 0 Å². The van der Waals surface area contributed by atoms with E-state index in [9.17, 15) is 26.7 Å². The number of nitrogens with zero attached hydrogens (tertiary/aromatic N) is 1. The van der Waals surface area contributed by atoms with E-state index in [0.717, 1.165) is 7.11 Å². The predicted octanol–water partition coefficient (Wildman–Crippen LogP) is 3.43. The lowest BCUT2D eigenvalue weighted by Gasteiger charge is -2.14. The van der Waals surface area contributed by atoms with Crippen LogP contribution in [0.2, 0.25) is 0 Å². The highest BCUT2D eigenvalue weighted by atomic mass is 127. The van der Waals surface area contributed by atoms with Gasteiger partial charge >= 0.3 is 12.1 Å². The van der Waals surface area contributed by atoms with Gasteiger partial charge in [0.05, 0.1) is 21.8 Å². The van der Waals surface area contributed by atoms with Crippen molar-refractivity contribution in [2.24, 2.45) is 0 Å². The Bertz CT molecular complexity index is 475. The second kappa shape index (κ2) is 5.33. The van der Waals surface area contributed by atoms with Crippen molar-refractivity contribution < 1.29 is 31.5 Å². The normalized spacial score (nSPS) is 11.8. The van der Waals surface area contributed by atoms with Gasteiger partial charge in [-0.25, -0.2) is 13.6 Å². The number of esters is 1. The van der Waals surface area contributed by atoms with Crippen LogP contribution < -0.4 is 0 Å². The van der Waals surface area contributed by atoms with Gasteiger partial charge in [0.2, 0.25) is 0 Å². The molecular formula is C9H5F5INO2. The Balaban J connectivity index is 3.57. The minimum absolute atomic E-state index is 0.204. The first-order valence-electron chi connectivity index (χ1n) is 4.32. The summed E-state index contributed by atoms with van der Waals surface area (Å²) in [7, 11) is 0.862. The van der Waals surface area contributed by atoms with Crippen molar-refractivity contribution in [3.05, 3.63) is 26.6 Å². The van der Waals surface area contributed by atoms with E-state index < -0.39 is 39.0 Å². The van der Waals surface area contributed by atoms with Crippen LogP contribution in [0.15, 0.2) is 6.20 Å². The molecule has 9 heteroatoms. The van der Waals surface area contributed by atoms with E-state index in [4.69, 9.17) is 0 Å². The van der Waals surface area contributed by atoms with Crippen LogP contribution in [0.25, 0.3) is 0 Å². The molecule has 0 unspecified atom stereocenters. The maximum Gasteiger partial charge on any atom is 0.418 e. The second-order valence-electron chi connectivity index (χ2n) is 3.04. The molecule has 18 heavy (non-hydrogen) atoms. The van der Waals surface area contributed by atoms with E-state index in [2.05, 4.69) is 9.72 Å². The molecule has 3 nitrogen and oxygen atoms in total. The molecule has 0 saturated heterocycles. The van der Waals surface area contributed by atoms with Gasteiger partial charge in [-0.2, -0.15) is 13.2 Å². The van der Waals surface area contributed by atoms with Gasteiger partial charge in [-0.1, -0.05) is 0 Å². The summed E-state index contributed by atoms with van der Waals surface area (Å²) in [6, 6.07) is 0. The van der Waals surface area contributed by atoms with Crippen LogP contribution in [0, 0.1) is 3.57 Å². The van der Waals surface area contributed by atoms with Gasteiger partial charge < -0.3 is 4.74 Å². The molecule has 1 aromatic rings. The third-order valence-electron chi connectivity index (χ3n) is 1.95. The van der Waals surface area contributed by atoms with Crippen LogP contribution in [0.5, 0.6) is 0 Å². The summed E-state index contributed by atoms with van der Waals surface area (Å²) in [5.74, 6) is -1.34. The zero-order chi connectivity index (χ0) is 14.1. The number of carbonyl (C=O) groups is 1. The Hall–Kier alpha value is -1.00. The minimum atomic E-state index is -4.88. The number of ether oxygens (including phenoxy) is 1. The van der Waals surface area contributed by atoms with E-state index in [1.807, 2.05) is 0 Å². The fourth-order valence-corrected chi connectivity index (χ4v) is 2.06. The molecule has 100 valence electrons. The Labute approximate surface area is 111 Å². The molecule has 1 aromatic heterocycles. The molecule has 0 saturated carbocycles. The van der Waals surface area contributed by atoms with Crippen molar-refractivity contribution in [2.75, 3.05) is 7.11 Å². The lowest BCUT2D eigenvalue weighted by molar-refractivity contribution is -0.138. The average Bonchev–Trinajstić information content (AvgIpc) is 2.25. The van der Waals surface area contributed by atoms with Crippen LogP contribution in [0.1, 0.15) is 28.0 Å². The van der Waals surface area contributed by atoms with Gasteiger partial charge in [-0.05, 0) is 22.6 Å². The number of carbonyl (C=O) groups excluding carboxylic acids is 1. The van der Waals surface area contributed by atoms with E-state index in [1.165, 1.54) is 22.6 Å². The fraction of sp³-hybridized carbons (Fsp3) is 0.333. The Morgan fingerprint density at radius 2 is 2.00 bits per heavy atom. The largest absolute Gasteiger partial charge is 0.465 e. The van der Waals surface area contributed by atoms with Gasteiger partial charge in [-0.3, -0.25) is 4.98 Å². The van der Waals surface area contributed by atoms with Crippen LogP contribution >= 0.6 is 22.6 Å². The third kappa shape index (κ3) is 2.87. The number of alkyl halides is 5. The van der Waals surface area contributed by atoms with Gasteiger partial charge in [0.25, 0.3) is 6.43 Å². The van der Waals surface area contributed by atoms with Crippen LogP contribution in [0.4, 0.5) is 22.0 Å². The highest BCUT2D eigenvalue weighted by Crippen LogP contribution is 2.36. The van der Waals surface area contributed by atoms with Gasteiger partial charge in [0, 0.05) is 6.20 Å². The Morgan fingerprint density at radius 3 is 2.39 bits per heavy atom. The maximum absolute atomic E-state index is 12.6. The summed E-state index contributed by atoms with van der Waals surface area (Å²) < 4.78 is 66.5. The van der Waals surface area contributed by atoms with E-state index in [-0.39, 0.29) is 6.20 Å². The molecule has 0 radical (unpaired) electrons. The number of hydrogen-bond acceptors (Lipinski definition) is 3. The molecule has 0 N–H and O–H groups in total. The molecule has 0 aliphatic carbocycles. The lowest BCUT2D eigenvalue weighted by Crippen LogP contribution is -2.18. The first kappa shape index (κ1) is 15.1. The Morgan fingerprint density at radius 1 is 1.44 bits per heavy atom. The number of rotatable bonds is 2. The van der Waals surface area contributed by atoms with Gasteiger partial charge in [-0.15, -0.1) is 0 Å². The molecule has 0 aliphatic rings. The smallest absolute Gasteiger partial charge is 0.418 e. The van der Waals surface area contributed by atoms with Gasteiger partial charge in [0.1, 0.15) is 5.69 Å². The van der Waals surface area contributed by atoms with Crippen molar-refractivity contribution >= 4 is 28.6 Å². The predicted molar refractivity (Wildman–Crippen MR) is 58.3 cm³/mol.